The number of carbonyl (C=O) groups is 1. The van der Waals surface area contributed by atoms with E-state index < -0.39 is 0 Å². The Balaban J connectivity index is 1.47. The van der Waals surface area contributed by atoms with Crippen molar-refractivity contribution in [3.05, 3.63) is 53.2 Å². The second-order valence-electron chi connectivity index (χ2n) is 6.17. The van der Waals surface area contributed by atoms with Crippen LogP contribution in [0.2, 0.25) is 0 Å². The van der Waals surface area contributed by atoms with Crippen LogP contribution in [-0.4, -0.2) is 16.0 Å². The molecule has 0 saturated carbocycles. The summed E-state index contributed by atoms with van der Waals surface area (Å²) in [7, 11) is 0. The summed E-state index contributed by atoms with van der Waals surface area (Å²) in [5, 5.41) is 8.90. The normalized spacial score (nSPS) is 11.0. The molecule has 0 atom stereocenters. The first kappa shape index (κ1) is 17.4. The maximum atomic E-state index is 12.1. The maximum absolute atomic E-state index is 12.1. The first-order chi connectivity index (χ1) is 12.1. The number of carbonyl (C=O) groups excluding carboxylic acids is 1. The Bertz CT molecular complexity index is 825. The van der Waals surface area contributed by atoms with Crippen LogP contribution in [-0.2, 0) is 11.2 Å². The maximum Gasteiger partial charge on any atom is 0.226 e. The van der Waals surface area contributed by atoms with Crippen LogP contribution in [0.4, 0.5) is 5.69 Å². The van der Waals surface area contributed by atoms with E-state index in [0.717, 1.165) is 10.6 Å². The fourth-order valence-corrected chi connectivity index (χ4v) is 3.11. The largest absolute Gasteiger partial charge is 0.339 e. The minimum absolute atomic E-state index is 0.00102. The fraction of sp³-hybridized carbons (Fsp3) is 0.316. The van der Waals surface area contributed by atoms with Gasteiger partial charge in [-0.25, -0.2) is 0 Å². The second kappa shape index (κ2) is 8.07. The third kappa shape index (κ3) is 4.76. The molecule has 5 nitrogen and oxygen atoms in total. The first-order valence-corrected chi connectivity index (χ1v) is 9.26. The summed E-state index contributed by atoms with van der Waals surface area (Å²) in [5.74, 6) is 1.61. The second-order valence-corrected chi connectivity index (χ2v) is 7.12. The van der Waals surface area contributed by atoms with Crippen molar-refractivity contribution in [1.29, 1.82) is 0 Å². The summed E-state index contributed by atoms with van der Waals surface area (Å²) >= 11 is 1.57. The SMILES string of the molecule is CC(C)c1cccc(NC(=O)CCCc2nc(-c3cccs3)no2)c1. The Morgan fingerprint density at radius 3 is 2.92 bits per heavy atom. The van der Waals surface area contributed by atoms with Crippen LogP contribution in [0.15, 0.2) is 46.3 Å². The van der Waals surface area contributed by atoms with Crippen LogP contribution in [0.1, 0.15) is 44.1 Å². The summed E-state index contributed by atoms with van der Waals surface area (Å²) in [4.78, 5) is 17.4. The topological polar surface area (TPSA) is 68.0 Å². The molecule has 0 aliphatic heterocycles. The van der Waals surface area contributed by atoms with Crippen LogP contribution in [0.25, 0.3) is 10.7 Å². The van der Waals surface area contributed by atoms with Crippen molar-refractivity contribution < 1.29 is 9.32 Å². The van der Waals surface area contributed by atoms with E-state index in [4.69, 9.17) is 4.52 Å². The molecule has 25 heavy (non-hydrogen) atoms. The predicted molar refractivity (Wildman–Crippen MR) is 99.7 cm³/mol. The first-order valence-electron chi connectivity index (χ1n) is 8.38. The number of anilines is 1. The van der Waals surface area contributed by atoms with Crippen LogP contribution < -0.4 is 5.32 Å². The lowest BCUT2D eigenvalue weighted by molar-refractivity contribution is -0.116. The lowest BCUT2D eigenvalue weighted by Gasteiger charge is -2.09. The lowest BCUT2D eigenvalue weighted by Crippen LogP contribution is -2.11. The molecule has 0 aliphatic rings. The molecule has 1 N–H and O–H groups in total. The van der Waals surface area contributed by atoms with Crippen LogP contribution in [0, 0.1) is 0 Å². The molecule has 2 heterocycles. The molecule has 0 radical (unpaired) electrons. The van der Waals surface area contributed by atoms with Gasteiger partial charge in [0.2, 0.25) is 17.6 Å². The Kier molecular flexibility index (Phi) is 5.60. The van der Waals surface area contributed by atoms with Gasteiger partial charge in [-0.15, -0.1) is 11.3 Å². The molecule has 0 saturated heterocycles. The van der Waals surface area contributed by atoms with Crippen molar-refractivity contribution in [1.82, 2.24) is 10.1 Å². The van der Waals surface area contributed by atoms with Crippen molar-refractivity contribution >= 4 is 22.9 Å². The van der Waals surface area contributed by atoms with E-state index in [1.165, 1.54) is 5.56 Å². The molecule has 0 unspecified atom stereocenters. The zero-order valence-electron chi connectivity index (χ0n) is 14.4. The average molecular weight is 355 g/mol. The summed E-state index contributed by atoms with van der Waals surface area (Å²) in [6.45, 7) is 4.27. The number of hydrogen-bond acceptors (Lipinski definition) is 5. The molecule has 0 bridgehead atoms. The molecule has 130 valence electrons. The lowest BCUT2D eigenvalue weighted by atomic mass is 10.0. The Morgan fingerprint density at radius 1 is 1.28 bits per heavy atom. The third-order valence-corrected chi connectivity index (χ3v) is 4.71. The number of aromatic nitrogens is 2. The van der Waals surface area contributed by atoms with Gasteiger partial charge >= 0.3 is 0 Å². The highest BCUT2D eigenvalue weighted by atomic mass is 32.1. The molecule has 0 aliphatic carbocycles. The Hall–Kier alpha value is -2.47. The van der Waals surface area contributed by atoms with Gasteiger partial charge in [0, 0.05) is 18.5 Å². The van der Waals surface area contributed by atoms with Crippen molar-refractivity contribution in [2.45, 2.75) is 39.0 Å². The van der Waals surface area contributed by atoms with Crippen LogP contribution in [0.3, 0.4) is 0 Å². The van der Waals surface area contributed by atoms with Crippen molar-refractivity contribution in [2.24, 2.45) is 0 Å². The van der Waals surface area contributed by atoms with Gasteiger partial charge in [0.1, 0.15) is 0 Å². The average Bonchev–Trinajstić information content (AvgIpc) is 3.26. The number of hydrogen-bond donors (Lipinski definition) is 1. The Morgan fingerprint density at radius 2 is 2.16 bits per heavy atom. The molecule has 3 rings (SSSR count). The highest BCUT2D eigenvalue weighted by Gasteiger charge is 2.10. The number of amides is 1. The summed E-state index contributed by atoms with van der Waals surface area (Å²) in [6, 6.07) is 11.9. The van der Waals surface area contributed by atoms with E-state index in [2.05, 4.69) is 35.4 Å². The number of nitrogens with zero attached hydrogens (tertiary/aromatic N) is 2. The molecule has 1 aromatic carbocycles. The summed E-state index contributed by atoms with van der Waals surface area (Å²) < 4.78 is 5.24. The van der Waals surface area contributed by atoms with Crippen molar-refractivity contribution in [3.8, 4) is 10.7 Å². The van der Waals surface area contributed by atoms with E-state index in [9.17, 15) is 4.79 Å². The van der Waals surface area contributed by atoms with E-state index in [1.807, 2.05) is 35.7 Å². The molecule has 2 aromatic heterocycles. The molecule has 0 fully saturated rings. The zero-order valence-corrected chi connectivity index (χ0v) is 15.2. The molecular weight excluding hydrogens is 334 g/mol. The van der Waals surface area contributed by atoms with Gasteiger partial charge < -0.3 is 9.84 Å². The number of benzene rings is 1. The summed E-state index contributed by atoms with van der Waals surface area (Å²) in [6.07, 6.45) is 1.68. The van der Waals surface area contributed by atoms with Crippen molar-refractivity contribution in [3.63, 3.8) is 0 Å². The van der Waals surface area contributed by atoms with Gasteiger partial charge in [0.15, 0.2) is 0 Å². The summed E-state index contributed by atoms with van der Waals surface area (Å²) in [5.41, 5.74) is 2.05. The van der Waals surface area contributed by atoms with E-state index in [1.54, 1.807) is 11.3 Å². The van der Waals surface area contributed by atoms with Gasteiger partial charge in [0.05, 0.1) is 4.88 Å². The van der Waals surface area contributed by atoms with Gasteiger partial charge in [-0.2, -0.15) is 4.98 Å². The number of aryl methyl sites for hydroxylation is 1. The molecule has 1 amide bonds. The van der Waals surface area contributed by atoms with Crippen LogP contribution >= 0.6 is 11.3 Å². The monoisotopic (exact) mass is 355 g/mol. The van der Waals surface area contributed by atoms with E-state index >= 15 is 0 Å². The molecule has 6 heteroatoms. The standard InChI is InChI=1S/C19H21N3O2S/c1-13(2)14-6-3-7-15(12-14)20-17(23)9-4-10-18-21-19(22-24-18)16-8-5-11-25-16/h3,5-8,11-13H,4,9-10H2,1-2H3,(H,20,23). The Labute approximate surface area is 151 Å². The third-order valence-electron chi connectivity index (χ3n) is 3.84. The fourth-order valence-electron chi connectivity index (χ4n) is 2.46. The minimum Gasteiger partial charge on any atom is -0.339 e. The minimum atomic E-state index is -0.00102. The highest BCUT2D eigenvalue weighted by molar-refractivity contribution is 7.13. The zero-order chi connectivity index (χ0) is 17.6. The number of rotatable bonds is 7. The predicted octanol–water partition coefficient (Wildman–Crippen LogP) is 4.88. The van der Waals surface area contributed by atoms with Gasteiger partial charge in [-0.1, -0.05) is 37.2 Å². The van der Waals surface area contributed by atoms with Crippen LogP contribution in [0.5, 0.6) is 0 Å². The van der Waals surface area contributed by atoms with Gasteiger partial charge in [-0.3, -0.25) is 4.79 Å². The smallest absolute Gasteiger partial charge is 0.226 e. The van der Waals surface area contributed by atoms with E-state index in [-0.39, 0.29) is 5.91 Å². The number of nitrogens with one attached hydrogen (secondary N) is 1. The van der Waals surface area contributed by atoms with E-state index in [0.29, 0.717) is 36.9 Å². The molecule has 0 spiro atoms. The van der Waals surface area contributed by atoms with Crippen molar-refractivity contribution in [2.75, 3.05) is 5.32 Å². The molecular formula is C19H21N3O2S. The molecule has 3 aromatic rings. The van der Waals surface area contributed by atoms with Gasteiger partial charge in [0.25, 0.3) is 0 Å². The highest BCUT2D eigenvalue weighted by Crippen LogP contribution is 2.22. The number of thiophene rings is 1. The van der Waals surface area contributed by atoms with Gasteiger partial charge in [-0.05, 0) is 41.5 Å². The quantitative estimate of drug-likeness (QED) is 0.655.